The van der Waals surface area contributed by atoms with Crippen molar-refractivity contribution < 1.29 is 42.9 Å². The molecule has 41 heavy (non-hydrogen) atoms. The van der Waals surface area contributed by atoms with Crippen LogP contribution in [0.1, 0.15) is 72.0 Å². The fourth-order valence-corrected chi connectivity index (χ4v) is 8.75. The fraction of sp³-hybridized carbons (Fsp3) is 0.594. The van der Waals surface area contributed by atoms with Crippen molar-refractivity contribution in [1.29, 1.82) is 0 Å². The highest BCUT2D eigenvalue weighted by Gasteiger charge is 2.78. The molecule has 2 saturated heterocycles. The highest BCUT2D eigenvalue weighted by atomic mass is 16.6. The van der Waals surface area contributed by atoms with Crippen LogP contribution in [0.2, 0.25) is 0 Å². The van der Waals surface area contributed by atoms with Gasteiger partial charge in [-0.2, -0.15) is 0 Å². The van der Waals surface area contributed by atoms with E-state index in [0.717, 1.165) is 22.3 Å². The van der Waals surface area contributed by atoms with Crippen molar-refractivity contribution >= 4 is 17.9 Å². The topological polar surface area (TPSA) is 122 Å². The first-order valence-corrected chi connectivity index (χ1v) is 14.3. The van der Waals surface area contributed by atoms with Crippen LogP contribution >= 0.6 is 0 Å². The maximum Gasteiger partial charge on any atom is 0.333 e. The number of esters is 3. The molecule has 8 unspecified atom stereocenters. The molecule has 220 valence electrons. The lowest BCUT2D eigenvalue weighted by molar-refractivity contribution is -0.417. The van der Waals surface area contributed by atoms with E-state index in [1.54, 1.807) is 38.5 Å². The van der Waals surface area contributed by atoms with Gasteiger partial charge >= 0.3 is 17.9 Å². The van der Waals surface area contributed by atoms with E-state index in [1.165, 1.54) is 7.11 Å². The van der Waals surface area contributed by atoms with Crippen LogP contribution < -0.4 is 0 Å². The minimum absolute atomic E-state index is 0.0192. The van der Waals surface area contributed by atoms with Gasteiger partial charge in [-0.3, -0.25) is 4.79 Å². The third-order valence-corrected chi connectivity index (χ3v) is 11.1. The molecule has 3 fully saturated rings. The van der Waals surface area contributed by atoms with Gasteiger partial charge in [0.15, 0.2) is 5.79 Å². The Kier molecular flexibility index (Phi) is 6.25. The molecule has 1 aromatic heterocycles. The quantitative estimate of drug-likeness (QED) is 0.306. The number of rotatable bonds is 5. The Morgan fingerprint density at radius 3 is 2.66 bits per heavy atom. The summed E-state index contributed by atoms with van der Waals surface area (Å²) in [7, 11) is 1.35. The number of furan rings is 1. The number of hydrogen-bond donors (Lipinski definition) is 1. The molecule has 1 aromatic rings. The number of fused-ring (bicyclic) bond motifs is 3. The molecular formula is C32H38O9. The highest BCUT2D eigenvalue weighted by molar-refractivity contribution is 5.88. The predicted molar refractivity (Wildman–Crippen MR) is 145 cm³/mol. The van der Waals surface area contributed by atoms with E-state index >= 15 is 0 Å². The molecule has 9 nitrogen and oxygen atoms in total. The van der Waals surface area contributed by atoms with Crippen LogP contribution in [0.15, 0.2) is 57.5 Å². The lowest BCUT2D eigenvalue weighted by Gasteiger charge is -2.72. The molecule has 0 amide bonds. The summed E-state index contributed by atoms with van der Waals surface area (Å²) in [6.45, 7) is 9.63. The van der Waals surface area contributed by atoms with E-state index < -0.39 is 64.0 Å². The number of hydrogen-bond acceptors (Lipinski definition) is 9. The summed E-state index contributed by atoms with van der Waals surface area (Å²) >= 11 is 0. The van der Waals surface area contributed by atoms with E-state index in [2.05, 4.69) is 6.92 Å². The van der Waals surface area contributed by atoms with Gasteiger partial charge in [-0.1, -0.05) is 32.4 Å². The van der Waals surface area contributed by atoms with Crippen LogP contribution in [0.25, 0.3) is 0 Å². The Morgan fingerprint density at radius 1 is 1.24 bits per heavy atom. The van der Waals surface area contributed by atoms with Crippen molar-refractivity contribution in [2.75, 3.05) is 13.7 Å². The molecule has 3 aliphatic carbocycles. The zero-order valence-electron chi connectivity index (χ0n) is 24.4. The molecule has 0 radical (unpaired) electrons. The molecule has 4 bridgehead atoms. The van der Waals surface area contributed by atoms with E-state index in [1.807, 2.05) is 19.9 Å². The normalized spacial score (nSPS) is 41.2. The standard InChI is InChI=1S/C32H38O9/c1-7-17(2)28(35)41-27-22-12-19-20(31(5)23(14-24(33)37-6)30(27,4)16-39-32(22,31)36)8-10-29(3)21(19)13-25(34)40-26(29)18-9-11-38-15-18/h7,9,11,13,15,22-23,26-27,36H,8,10,12,14,16H2,1-6H3. The Hall–Kier alpha value is -3.17. The first-order chi connectivity index (χ1) is 19.3. The Labute approximate surface area is 239 Å². The maximum absolute atomic E-state index is 13.2. The summed E-state index contributed by atoms with van der Waals surface area (Å²) in [6.07, 6.45) is 6.78. The van der Waals surface area contributed by atoms with Gasteiger partial charge in [0.25, 0.3) is 0 Å². The molecule has 0 spiro atoms. The molecule has 4 heterocycles. The zero-order valence-corrected chi connectivity index (χ0v) is 24.4. The molecule has 6 aliphatic rings. The number of allylic oxidation sites excluding steroid dienone is 2. The van der Waals surface area contributed by atoms with Crippen LogP contribution in [0, 0.1) is 28.1 Å². The number of carbonyl (C=O) groups is 3. The predicted octanol–water partition coefficient (Wildman–Crippen LogP) is 4.72. The Balaban J connectivity index is 1.54. The van der Waals surface area contributed by atoms with Crippen molar-refractivity contribution in [3.8, 4) is 0 Å². The van der Waals surface area contributed by atoms with Gasteiger partial charge in [-0.15, -0.1) is 0 Å². The summed E-state index contributed by atoms with van der Waals surface area (Å²) in [6, 6.07) is 1.81. The number of cyclic esters (lactones) is 1. The van der Waals surface area contributed by atoms with Gasteiger partial charge in [0.05, 0.1) is 38.6 Å². The minimum Gasteiger partial charge on any atom is -0.472 e. The number of methoxy groups -OCH3 is 1. The van der Waals surface area contributed by atoms with Crippen molar-refractivity contribution in [3.05, 3.63) is 58.6 Å². The molecule has 0 aromatic carbocycles. The van der Waals surface area contributed by atoms with Crippen LogP contribution in [-0.2, 0) is 33.3 Å². The van der Waals surface area contributed by atoms with Crippen LogP contribution in [0.4, 0.5) is 0 Å². The van der Waals surface area contributed by atoms with Crippen molar-refractivity contribution in [2.45, 2.75) is 78.3 Å². The van der Waals surface area contributed by atoms with Gasteiger partial charge < -0.3 is 28.5 Å². The second-order valence-electron chi connectivity index (χ2n) is 12.9. The smallest absolute Gasteiger partial charge is 0.333 e. The lowest BCUT2D eigenvalue weighted by Crippen LogP contribution is -2.78. The molecule has 9 heteroatoms. The monoisotopic (exact) mass is 566 g/mol. The van der Waals surface area contributed by atoms with Crippen molar-refractivity contribution in [1.82, 2.24) is 0 Å². The van der Waals surface area contributed by atoms with Crippen molar-refractivity contribution in [2.24, 2.45) is 28.1 Å². The molecule has 1 saturated carbocycles. The summed E-state index contributed by atoms with van der Waals surface area (Å²) in [5, 5.41) is 12.5. The van der Waals surface area contributed by atoms with Gasteiger partial charge in [0.2, 0.25) is 0 Å². The van der Waals surface area contributed by atoms with Gasteiger partial charge in [0.1, 0.15) is 12.2 Å². The molecule has 1 N–H and O–H groups in total. The van der Waals surface area contributed by atoms with E-state index in [0.29, 0.717) is 24.8 Å². The molecular weight excluding hydrogens is 528 g/mol. The average molecular weight is 567 g/mol. The fourth-order valence-electron chi connectivity index (χ4n) is 8.75. The number of ether oxygens (including phenoxy) is 4. The average Bonchev–Trinajstić information content (AvgIpc) is 3.48. The van der Waals surface area contributed by atoms with Gasteiger partial charge in [-0.25, -0.2) is 9.59 Å². The zero-order chi connectivity index (χ0) is 29.5. The SMILES string of the molecule is CC=C(C)C(=O)OC1C2CC3=C(CCC4(C)C3=CC(=O)OC4c3ccoc3)C3(C)C(CC(=O)OC)C1(C)COC23O. The van der Waals surface area contributed by atoms with E-state index in [4.69, 9.17) is 23.4 Å². The Bertz CT molecular complexity index is 1400. The second kappa shape index (κ2) is 9.16. The summed E-state index contributed by atoms with van der Waals surface area (Å²) in [4.78, 5) is 39.1. The second-order valence-corrected chi connectivity index (χ2v) is 12.9. The maximum atomic E-state index is 13.2. The van der Waals surface area contributed by atoms with E-state index in [-0.39, 0.29) is 13.0 Å². The van der Waals surface area contributed by atoms with E-state index in [9.17, 15) is 19.5 Å². The summed E-state index contributed by atoms with van der Waals surface area (Å²) in [5.41, 5.74) is 1.70. The van der Waals surface area contributed by atoms with Crippen LogP contribution in [0.5, 0.6) is 0 Å². The Morgan fingerprint density at radius 2 is 2.00 bits per heavy atom. The van der Waals surface area contributed by atoms with Crippen LogP contribution in [-0.4, -0.2) is 48.6 Å². The number of carbonyl (C=O) groups excluding carboxylic acids is 3. The van der Waals surface area contributed by atoms with Crippen LogP contribution in [0.3, 0.4) is 0 Å². The largest absolute Gasteiger partial charge is 0.472 e. The van der Waals surface area contributed by atoms with Crippen molar-refractivity contribution in [3.63, 3.8) is 0 Å². The lowest BCUT2D eigenvalue weighted by atomic mass is 9.39. The molecule has 8 atom stereocenters. The third-order valence-electron chi connectivity index (χ3n) is 11.1. The molecule has 7 rings (SSSR count). The summed E-state index contributed by atoms with van der Waals surface area (Å²) in [5.74, 6) is -4.10. The third kappa shape index (κ3) is 3.57. The minimum atomic E-state index is -1.69. The summed E-state index contributed by atoms with van der Waals surface area (Å²) < 4.78 is 28.9. The first-order valence-electron chi connectivity index (χ1n) is 14.3. The van der Waals surface area contributed by atoms with Gasteiger partial charge in [-0.05, 0) is 56.2 Å². The molecule has 3 aliphatic heterocycles. The number of aliphatic hydroxyl groups is 1. The van der Waals surface area contributed by atoms with Gasteiger partial charge in [0, 0.05) is 33.5 Å². The first kappa shape index (κ1) is 28.0. The highest BCUT2D eigenvalue weighted by Crippen LogP contribution is 2.73.